The molecule has 0 aromatic heterocycles. The summed E-state index contributed by atoms with van der Waals surface area (Å²) in [5, 5.41) is 0. The van der Waals surface area contributed by atoms with Crippen molar-refractivity contribution < 1.29 is 14.3 Å². The van der Waals surface area contributed by atoms with E-state index in [0.717, 1.165) is 0 Å². The lowest BCUT2D eigenvalue weighted by Crippen LogP contribution is -2.42. The van der Waals surface area contributed by atoms with Crippen molar-refractivity contribution in [2.24, 2.45) is 0 Å². The molecule has 0 heterocycles. The Morgan fingerprint density at radius 2 is 1.56 bits per heavy atom. The van der Waals surface area contributed by atoms with E-state index >= 15 is 0 Å². The third-order valence-corrected chi connectivity index (χ3v) is 2.93. The van der Waals surface area contributed by atoms with Crippen LogP contribution in [0.2, 0.25) is 0 Å². The Balaban J connectivity index is 2.93. The fraction of sp³-hybridized carbons (Fsp3) is 0.429. The normalized spacial score (nSPS) is 14.7. The van der Waals surface area contributed by atoms with E-state index in [4.69, 9.17) is 4.74 Å². The summed E-state index contributed by atoms with van der Waals surface area (Å²) in [5.74, 6) is -0.888. The van der Waals surface area contributed by atoms with Crippen LogP contribution in [0.5, 0.6) is 0 Å². The number of ketones is 1. The van der Waals surface area contributed by atoms with Crippen LogP contribution in [0, 0.1) is 0 Å². The molecule has 0 radical (unpaired) electrons. The maximum atomic E-state index is 12.2. The molecule has 0 aliphatic heterocycles. The molecule has 4 heteroatoms. The maximum absolute atomic E-state index is 12.2. The average Bonchev–Trinajstić information content (AvgIpc) is 2.27. The fourth-order valence-electron chi connectivity index (χ4n) is 1.33. The first-order valence-electron chi connectivity index (χ1n) is 5.67. The quantitative estimate of drug-likeness (QED) is 0.372. The van der Waals surface area contributed by atoms with Crippen molar-refractivity contribution in [3.05, 3.63) is 35.9 Å². The summed E-state index contributed by atoms with van der Waals surface area (Å²) < 4.78 is 3.88. The number of alkyl halides is 1. The number of rotatable bonds is 3. The average molecular weight is 313 g/mol. The zero-order valence-corrected chi connectivity index (χ0v) is 12.6. The predicted molar refractivity (Wildman–Crippen MR) is 73.9 cm³/mol. The summed E-state index contributed by atoms with van der Waals surface area (Å²) in [5.41, 5.74) is -0.147. The second kappa shape index (κ2) is 5.22. The van der Waals surface area contributed by atoms with Crippen LogP contribution in [0.4, 0.5) is 0 Å². The number of benzene rings is 1. The van der Waals surface area contributed by atoms with Crippen LogP contribution in [0.15, 0.2) is 30.3 Å². The molecule has 0 saturated carbocycles. The van der Waals surface area contributed by atoms with Gasteiger partial charge in [-0.15, -0.1) is 0 Å². The van der Waals surface area contributed by atoms with Crippen LogP contribution in [0.25, 0.3) is 0 Å². The minimum Gasteiger partial charge on any atom is -0.459 e. The number of esters is 1. The van der Waals surface area contributed by atoms with Gasteiger partial charge in [0.25, 0.3) is 0 Å². The molecule has 1 atom stereocenters. The molecule has 0 amide bonds. The van der Waals surface area contributed by atoms with E-state index in [0.29, 0.717) is 5.56 Å². The molecule has 3 nitrogen and oxygen atoms in total. The van der Waals surface area contributed by atoms with Crippen molar-refractivity contribution >= 4 is 27.7 Å². The van der Waals surface area contributed by atoms with Crippen molar-refractivity contribution in [3.8, 4) is 0 Å². The molecule has 1 rings (SSSR count). The van der Waals surface area contributed by atoms with Gasteiger partial charge in [0.05, 0.1) is 0 Å². The van der Waals surface area contributed by atoms with Gasteiger partial charge in [-0.1, -0.05) is 46.3 Å². The van der Waals surface area contributed by atoms with Gasteiger partial charge < -0.3 is 4.74 Å². The molecular weight excluding hydrogens is 296 g/mol. The molecule has 1 aromatic carbocycles. The molecule has 1 aromatic rings. The Bertz CT molecular complexity index is 444. The van der Waals surface area contributed by atoms with E-state index < -0.39 is 15.9 Å². The van der Waals surface area contributed by atoms with Crippen LogP contribution >= 0.6 is 15.9 Å². The summed E-state index contributed by atoms with van der Waals surface area (Å²) in [7, 11) is 0. The summed E-state index contributed by atoms with van der Waals surface area (Å²) in [4.78, 5) is 24.3. The molecule has 1 unspecified atom stereocenters. The van der Waals surface area contributed by atoms with Crippen LogP contribution in [0.3, 0.4) is 0 Å². The molecule has 0 saturated heterocycles. The van der Waals surface area contributed by atoms with Crippen LogP contribution in [-0.2, 0) is 9.53 Å². The van der Waals surface area contributed by atoms with Crippen LogP contribution in [-0.4, -0.2) is 21.7 Å². The molecular formula is C14H17BrO3. The van der Waals surface area contributed by atoms with E-state index in [9.17, 15) is 9.59 Å². The van der Waals surface area contributed by atoms with Crippen molar-refractivity contribution in [2.45, 2.75) is 37.6 Å². The van der Waals surface area contributed by atoms with Gasteiger partial charge in [0, 0.05) is 5.56 Å². The first-order valence-corrected chi connectivity index (χ1v) is 6.46. The SMILES string of the molecule is CC(C)(C)OC(=O)C(C)(Br)C(=O)c1ccccc1. The fourth-order valence-corrected chi connectivity index (χ4v) is 1.64. The lowest BCUT2D eigenvalue weighted by molar-refractivity contribution is -0.155. The second-order valence-electron chi connectivity index (χ2n) is 5.20. The molecule has 0 aliphatic carbocycles. The van der Waals surface area contributed by atoms with Gasteiger partial charge in [-0.3, -0.25) is 9.59 Å². The highest BCUT2D eigenvalue weighted by molar-refractivity contribution is 9.10. The third-order valence-electron chi connectivity index (χ3n) is 2.24. The molecule has 0 bridgehead atoms. The summed E-state index contributed by atoms with van der Waals surface area (Å²) >= 11 is 3.18. The Labute approximate surface area is 116 Å². The highest BCUT2D eigenvalue weighted by Crippen LogP contribution is 2.27. The van der Waals surface area contributed by atoms with Gasteiger partial charge in [0.1, 0.15) is 5.60 Å². The van der Waals surface area contributed by atoms with E-state index in [1.165, 1.54) is 6.92 Å². The number of ether oxygens (including phenoxy) is 1. The van der Waals surface area contributed by atoms with Crippen molar-refractivity contribution in [2.75, 3.05) is 0 Å². The second-order valence-corrected chi connectivity index (χ2v) is 6.79. The smallest absolute Gasteiger partial charge is 0.331 e. The minimum absolute atomic E-state index is 0.308. The standard InChI is InChI=1S/C14H17BrO3/c1-13(2,3)18-12(17)14(4,15)11(16)10-8-6-5-7-9-10/h5-9H,1-4H3. The van der Waals surface area contributed by atoms with Gasteiger partial charge >= 0.3 is 5.97 Å². The largest absolute Gasteiger partial charge is 0.459 e. The zero-order valence-electron chi connectivity index (χ0n) is 11.0. The Hall–Kier alpha value is -1.16. The molecule has 0 N–H and O–H groups in total. The van der Waals surface area contributed by atoms with E-state index in [-0.39, 0.29) is 5.78 Å². The van der Waals surface area contributed by atoms with Gasteiger partial charge in [-0.25, -0.2) is 0 Å². The van der Waals surface area contributed by atoms with Crippen molar-refractivity contribution in [1.82, 2.24) is 0 Å². The predicted octanol–water partition coefficient (Wildman–Crippen LogP) is 3.36. The molecule has 18 heavy (non-hydrogen) atoms. The Morgan fingerprint density at radius 3 is 2.00 bits per heavy atom. The Morgan fingerprint density at radius 1 is 1.06 bits per heavy atom. The van der Waals surface area contributed by atoms with Gasteiger partial charge in [0.2, 0.25) is 0 Å². The van der Waals surface area contributed by atoms with Gasteiger partial charge in [-0.05, 0) is 27.7 Å². The highest BCUT2D eigenvalue weighted by atomic mass is 79.9. The monoisotopic (exact) mass is 312 g/mol. The van der Waals surface area contributed by atoms with E-state index in [1.54, 1.807) is 45.0 Å². The lowest BCUT2D eigenvalue weighted by Gasteiger charge is -2.26. The van der Waals surface area contributed by atoms with Crippen molar-refractivity contribution in [1.29, 1.82) is 0 Å². The van der Waals surface area contributed by atoms with Gasteiger partial charge in [-0.2, -0.15) is 0 Å². The zero-order chi connectivity index (χ0) is 14.0. The first kappa shape index (κ1) is 14.9. The third kappa shape index (κ3) is 3.67. The highest BCUT2D eigenvalue weighted by Gasteiger charge is 2.42. The number of carbonyl (C=O) groups excluding carboxylic acids is 2. The molecule has 0 fully saturated rings. The maximum Gasteiger partial charge on any atom is 0.331 e. The number of Topliss-reactive ketones (excluding diaryl/α,β-unsaturated/α-hetero) is 1. The first-order chi connectivity index (χ1) is 8.14. The molecule has 0 aliphatic rings. The topological polar surface area (TPSA) is 43.4 Å². The molecule has 98 valence electrons. The van der Waals surface area contributed by atoms with Crippen molar-refractivity contribution in [3.63, 3.8) is 0 Å². The minimum atomic E-state index is -1.36. The summed E-state index contributed by atoms with van der Waals surface area (Å²) in [6, 6.07) is 8.67. The molecule has 0 spiro atoms. The summed E-state index contributed by atoms with van der Waals surface area (Å²) in [6.45, 7) is 6.80. The van der Waals surface area contributed by atoms with Crippen LogP contribution in [0.1, 0.15) is 38.1 Å². The number of hydrogen-bond acceptors (Lipinski definition) is 3. The number of halogens is 1. The van der Waals surface area contributed by atoms with E-state index in [1.807, 2.05) is 6.07 Å². The number of hydrogen-bond donors (Lipinski definition) is 0. The Kier molecular flexibility index (Phi) is 4.32. The lowest BCUT2D eigenvalue weighted by atomic mass is 9.99. The van der Waals surface area contributed by atoms with E-state index in [2.05, 4.69) is 15.9 Å². The number of carbonyl (C=O) groups is 2. The van der Waals surface area contributed by atoms with Gasteiger partial charge in [0.15, 0.2) is 10.1 Å². The van der Waals surface area contributed by atoms with Crippen LogP contribution < -0.4 is 0 Å². The summed E-state index contributed by atoms with van der Waals surface area (Å²) in [6.07, 6.45) is 0.